The van der Waals surface area contributed by atoms with Gasteiger partial charge in [-0.2, -0.15) is 0 Å². The summed E-state index contributed by atoms with van der Waals surface area (Å²) in [6, 6.07) is 0.406. The summed E-state index contributed by atoms with van der Waals surface area (Å²) in [5, 5.41) is 7.87. The average Bonchev–Trinajstić information content (AvgIpc) is 3.11. The molecular weight excluding hydrogens is 387 g/mol. The van der Waals surface area contributed by atoms with Crippen LogP contribution in [0.4, 0.5) is 0 Å². The maximum absolute atomic E-state index is 5.84. The smallest absolute Gasteiger partial charge is 0.191 e. The Morgan fingerprint density at radius 1 is 1.55 bits per heavy atom. The Morgan fingerprint density at radius 2 is 2.40 bits per heavy atom. The molecule has 0 amide bonds. The standard InChI is InChI=1S/C13H20N4OS.HI/c1-8-6-15-12(19-8)7-16-13(14-2)17-10-5-9-3-4-11(10)18-9;/h6,9-11H,3-5,7H2,1-2H3,(H2,14,16,17);1H. The summed E-state index contributed by atoms with van der Waals surface area (Å²) in [6.45, 7) is 2.79. The van der Waals surface area contributed by atoms with Crippen molar-refractivity contribution in [2.75, 3.05) is 7.05 Å². The van der Waals surface area contributed by atoms with Gasteiger partial charge in [0.1, 0.15) is 5.01 Å². The minimum atomic E-state index is 0. The van der Waals surface area contributed by atoms with Crippen molar-refractivity contribution in [3.8, 4) is 0 Å². The number of nitrogens with one attached hydrogen (secondary N) is 2. The SMILES string of the molecule is CN=C(NCc1ncc(C)s1)NC1CC2CCC1O2.I. The van der Waals surface area contributed by atoms with Crippen LogP contribution in [0.15, 0.2) is 11.2 Å². The van der Waals surface area contributed by atoms with Gasteiger partial charge in [0, 0.05) is 18.1 Å². The summed E-state index contributed by atoms with van der Waals surface area (Å²) in [4.78, 5) is 9.85. The summed E-state index contributed by atoms with van der Waals surface area (Å²) >= 11 is 1.71. The molecule has 5 nitrogen and oxygen atoms in total. The van der Waals surface area contributed by atoms with Crippen LogP contribution in [0.5, 0.6) is 0 Å². The molecule has 2 aliphatic heterocycles. The fraction of sp³-hybridized carbons (Fsp3) is 0.692. The predicted molar refractivity (Wildman–Crippen MR) is 91.9 cm³/mol. The molecular formula is C13H21IN4OS. The zero-order valence-corrected chi connectivity index (χ0v) is 14.9. The second-order valence-electron chi connectivity index (χ2n) is 5.15. The van der Waals surface area contributed by atoms with E-state index < -0.39 is 0 Å². The van der Waals surface area contributed by atoms with Crippen molar-refractivity contribution >= 4 is 41.3 Å². The van der Waals surface area contributed by atoms with E-state index in [0.29, 0.717) is 18.2 Å². The zero-order chi connectivity index (χ0) is 13.2. The molecule has 2 aliphatic rings. The Kier molecular flexibility index (Phi) is 5.62. The van der Waals surface area contributed by atoms with Gasteiger partial charge in [-0.05, 0) is 26.2 Å². The Morgan fingerprint density at radius 3 is 2.95 bits per heavy atom. The average molecular weight is 408 g/mol. The molecule has 3 unspecified atom stereocenters. The highest BCUT2D eigenvalue weighted by molar-refractivity contribution is 14.0. The quantitative estimate of drug-likeness (QED) is 0.457. The van der Waals surface area contributed by atoms with Crippen molar-refractivity contribution in [1.82, 2.24) is 15.6 Å². The monoisotopic (exact) mass is 408 g/mol. The van der Waals surface area contributed by atoms with Crippen LogP contribution in [0.25, 0.3) is 0 Å². The van der Waals surface area contributed by atoms with Crippen LogP contribution in [-0.2, 0) is 11.3 Å². The van der Waals surface area contributed by atoms with E-state index >= 15 is 0 Å². The molecule has 1 aromatic rings. The highest BCUT2D eigenvalue weighted by Crippen LogP contribution is 2.34. The van der Waals surface area contributed by atoms with Crippen LogP contribution in [-0.4, -0.2) is 36.2 Å². The first kappa shape index (κ1) is 16.0. The van der Waals surface area contributed by atoms with Crippen molar-refractivity contribution in [2.24, 2.45) is 4.99 Å². The highest BCUT2D eigenvalue weighted by atomic mass is 127. The Hall–Kier alpha value is -0.410. The van der Waals surface area contributed by atoms with Gasteiger partial charge in [0.05, 0.1) is 24.8 Å². The van der Waals surface area contributed by atoms with Gasteiger partial charge in [0.2, 0.25) is 0 Å². The molecule has 3 atom stereocenters. The van der Waals surface area contributed by atoms with Crippen molar-refractivity contribution in [3.63, 3.8) is 0 Å². The number of aromatic nitrogens is 1. The minimum Gasteiger partial charge on any atom is -0.373 e. The van der Waals surface area contributed by atoms with Gasteiger partial charge in [-0.15, -0.1) is 35.3 Å². The first-order valence-electron chi connectivity index (χ1n) is 6.78. The van der Waals surface area contributed by atoms with Crippen LogP contribution in [0, 0.1) is 6.92 Å². The maximum Gasteiger partial charge on any atom is 0.191 e. The minimum absolute atomic E-state index is 0. The number of rotatable bonds is 3. The predicted octanol–water partition coefficient (Wildman–Crippen LogP) is 2.05. The van der Waals surface area contributed by atoms with Crippen LogP contribution in [0.1, 0.15) is 29.1 Å². The molecule has 2 N–H and O–H groups in total. The maximum atomic E-state index is 5.84. The lowest BCUT2D eigenvalue weighted by Crippen LogP contribution is -2.47. The molecule has 0 radical (unpaired) electrons. The summed E-state index contributed by atoms with van der Waals surface area (Å²) in [7, 11) is 1.80. The number of halogens is 1. The highest BCUT2D eigenvalue weighted by Gasteiger charge is 2.41. The number of guanidine groups is 1. The third-order valence-corrected chi connectivity index (χ3v) is 4.64. The molecule has 20 heavy (non-hydrogen) atoms. The molecule has 3 heterocycles. The number of nitrogens with zero attached hydrogens (tertiary/aromatic N) is 2. The van der Waals surface area contributed by atoms with E-state index in [-0.39, 0.29) is 24.0 Å². The topological polar surface area (TPSA) is 58.5 Å². The molecule has 112 valence electrons. The van der Waals surface area contributed by atoms with Crippen LogP contribution >= 0.6 is 35.3 Å². The zero-order valence-electron chi connectivity index (χ0n) is 11.8. The fourth-order valence-electron chi connectivity index (χ4n) is 2.80. The summed E-state index contributed by atoms with van der Waals surface area (Å²) in [5.74, 6) is 0.842. The van der Waals surface area contributed by atoms with Crippen molar-refractivity contribution in [1.29, 1.82) is 0 Å². The van der Waals surface area contributed by atoms with Crippen molar-refractivity contribution in [2.45, 2.75) is 51.0 Å². The molecule has 0 aliphatic carbocycles. The van der Waals surface area contributed by atoms with E-state index in [1.165, 1.54) is 17.7 Å². The van der Waals surface area contributed by atoms with Crippen LogP contribution in [0.3, 0.4) is 0 Å². The molecule has 0 saturated carbocycles. The van der Waals surface area contributed by atoms with E-state index in [1.807, 2.05) is 6.20 Å². The Labute approximate surface area is 140 Å². The van der Waals surface area contributed by atoms with Gasteiger partial charge in [0.25, 0.3) is 0 Å². The number of ether oxygens (including phenoxy) is 1. The summed E-state index contributed by atoms with van der Waals surface area (Å²) in [5.41, 5.74) is 0. The Balaban J connectivity index is 0.00000147. The number of thiazole rings is 1. The van der Waals surface area contributed by atoms with Crippen LogP contribution < -0.4 is 10.6 Å². The molecule has 2 bridgehead atoms. The summed E-state index contributed by atoms with van der Waals surface area (Å²) in [6.07, 6.45) is 6.22. The molecule has 7 heteroatoms. The van der Waals surface area contributed by atoms with Crippen molar-refractivity contribution < 1.29 is 4.74 Å². The second kappa shape index (κ2) is 7.04. The first-order valence-corrected chi connectivity index (χ1v) is 7.60. The van der Waals surface area contributed by atoms with Gasteiger partial charge in [-0.3, -0.25) is 4.99 Å². The molecule has 0 spiro atoms. The normalized spacial score (nSPS) is 28.3. The third-order valence-electron chi connectivity index (χ3n) is 3.73. The first-order chi connectivity index (χ1) is 9.24. The Bertz CT molecular complexity index is 479. The fourth-order valence-corrected chi connectivity index (χ4v) is 3.53. The van der Waals surface area contributed by atoms with Gasteiger partial charge >= 0.3 is 0 Å². The number of aryl methyl sites for hydroxylation is 1. The van der Waals surface area contributed by atoms with E-state index in [4.69, 9.17) is 4.74 Å². The number of fused-ring (bicyclic) bond motifs is 2. The molecule has 2 saturated heterocycles. The number of hydrogen-bond acceptors (Lipinski definition) is 4. The lowest BCUT2D eigenvalue weighted by molar-refractivity contribution is 0.0992. The third kappa shape index (κ3) is 3.62. The molecule has 1 aromatic heterocycles. The van der Waals surface area contributed by atoms with Gasteiger partial charge in [-0.25, -0.2) is 4.98 Å². The molecule has 2 fully saturated rings. The number of hydrogen-bond donors (Lipinski definition) is 2. The van der Waals surface area contributed by atoms with Crippen LogP contribution in [0.2, 0.25) is 0 Å². The van der Waals surface area contributed by atoms with E-state index in [2.05, 4.69) is 27.5 Å². The van der Waals surface area contributed by atoms with E-state index in [1.54, 1.807) is 18.4 Å². The van der Waals surface area contributed by atoms with Crippen molar-refractivity contribution in [3.05, 3.63) is 16.1 Å². The van der Waals surface area contributed by atoms with Gasteiger partial charge < -0.3 is 15.4 Å². The number of aliphatic imine (C=N–C) groups is 1. The lowest BCUT2D eigenvalue weighted by atomic mass is 9.96. The second-order valence-corrected chi connectivity index (χ2v) is 6.47. The van der Waals surface area contributed by atoms with E-state index in [0.717, 1.165) is 23.9 Å². The van der Waals surface area contributed by atoms with E-state index in [9.17, 15) is 0 Å². The van der Waals surface area contributed by atoms with Gasteiger partial charge in [0.15, 0.2) is 5.96 Å². The van der Waals surface area contributed by atoms with Gasteiger partial charge in [-0.1, -0.05) is 0 Å². The molecule has 3 rings (SSSR count). The molecule has 0 aromatic carbocycles. The largest absolute Gasteiger partial charge is 0.373 e. The summed E-state index contributed by atoms with van der Waals surface area (Å²) < 4.78 is 5.84. The lowest BCUT2D eigenvalue weighted by Gasteiger charge is -2.22.